The molecule has 418 valence electrons. The molecule has 2 unspecified atom stereocenters. The molecule has 4 aromatic rings. The summed E-state index contributed by atoms with van der Waals surface area (Å²) >= 11 is 0. The van der Waals surface area contributed by atoms with Crippen LogP contribution in [-0.4, -0.2) is 145 Å². The summed E-state index contributed by atoms with van der Waals surface area (Å²) in [5.74, 6) is 2.45. The third-order valence-electron chi connectivity index (χ3n) is 14.2. The number of fused-ring (bicyclic) bond motifs is 2. The zero-order valence-corrected chi connectivity index (χ0v) is 43.8. The Hall–Kier alpha value is -6.74. The van der Waals surface area contributed by atoms with E-state index in [4.69, 9.17) is 15.5 Å². The number of benzene rings is 2. The monoisotopic (exact) mass is 1080 g/mol. The number of hydrogen-bond acceptors (Lipinski definition) is 13. The van der Waals surface area contributed by atoms with E-state index in [1.54, 1.807) is 44.3 Å². The number of nitrogens with zero attached hydrogens (tertiary/aromatic N) is 5. The molecule has 2 bridgehead atoms. The molecule has 6 N–H and O–H groups in total. The summed E-state index contributed by atoms with van der Waals surface area (Å²) in [7, 11) is 2.31. The number of aliphatic hydroxyl groups excluding tert-OH is 1. The number of pyridine rings is 1. The van der Waals surface area contributed by atoms with Gasteiger partial charge in [-0.3, -0.25) is 28.1 Å². The molecule has 3 aliphatic heterocycles. The highest BCUT2D eigenvalue weighted by Gasteiger charge is 2.46. The van der Waals surface area contributed by atoms with Gasteiger partial charge in [-0.1, -0.05) is 51.7 Å². The number of carbonyl (C=O) groups is 4. The van der Waals surface area contributed by atoms with E-state index in [1.807, 2.05) is 12.1 Å². The molecule has 2 aromatic heterocycles. The van der Waals surface area contributed by atoms with Gasteiger partial charge in [-0.25, -0.2) is 23.2 Å². The van der Waals surface area contributed by atoms with Gasteiger partial charge in [-0.05, 0) is 66.8 Å². The zero-order chi connectivity index (χ0) is 56.2. The van der Waals surface area contributed by atoms with E-state index in [-0.39, 0.29) is 42.6 Å². The number of nitrogens with two attached hydrogens (primary N) is 1. The number of aromatic nitrogens is 3. The zero-order valence-electron chi connectivity index (χ0n) is 43.8. The van der Waals surface area contributed by atoms with Crippen LogP contribution < -0.4 is 26.6 Å². The number of halogens is 6. The maximum Gasteiger partial charge on any atom is 0.407 e. The van der Waals surface area contributed by atoms with Crippen LogP contribution in [0.4, 0.5) is 37.0 Å². The summed E-state index contributed by atoms with van der Waals surface area (Å²) in [5.41, 5.74) is 4.63. The number of carbonyl (C=O) groups excluding carboxylic acids is 4. The van der Waals surface area contributed by atoms with Crippen molar-refractivity contribution in [2.75, 3.05) is 65.3 Å². The summed E-state index contributed by atoms with van der Waals surface area (Å²) in [4.78, 5) is 57.5. The molecular formula is C54H67F6N9O8. The number of methoxy groups -OCH3 is 2. The van der Waals surface area contributed by atoms with E-state index >= 15 is 8.78 Å². The van der Waals surface area contributed by atoms with Gasteiger partial charge < -0.3 is 45.9 Å². The number of amides is 3. The number of aliphatic hydroxyl groups is 1. The molecular weight excluding hydrogens is 1020 g/mol. The molecule has 0 spiro atoms. The molecule has 23 heteroatoms. The Morgan fingerprint density at radius 1 is 0.857 bits per heavy atom. The van der Waals surface area contributed by atoms with Crippen LogP contribution in [-0.2, 0) is 41.6 Å². The third-order valence-corrected chi connectivity index (χ3v) is 14.2. The predicted octanol–water partition coefficient (Wildman–Crippen LogP) is 5.62. The second kappa shape index (κ2) is 26.5. The lowest BCUT2D eigenvalue weighted by Gasteiger charge is -2.47. The van der Waals surface area contributed by atoms with Crippen molar-refractivity contribution >= 4 is 29.7 Å². The number of piperazine rings is 1. The maximum atomic E-state index is 15.1. The lowest BCUT2D eigenvalue weighted by atomic mass is 9.77. The van der Waals surface area contributed by atoms with Gasteiger partial charge in [-0.2, -0.15) is 13.9 Å². The Kier molecular flexibility index (Phi) is 20.5. The summed E-state index contributed by atoms with van der Waals surface area (Å²) in [6.07, 6.45) is 3.74. The number of rotatable bonds is 21. The maximum absolute atomic E-state index is 15.1. The Balaban J connectivity index is 0.000000602. The van der Waals surface area contributed by atoms with E-state index in [0.717, 1.165) is 69.3 Å². The van der Waals surface area contributed by atoms with Gasteiger partial charge in [0.25, 0.3) is 0 Å². The van der Waals surface area contributed by atoms with E-state index in [2.05, 4.69) is 52.2 Å². The Morgan fingerprint density at radius 3 is 2.00 bits per heavy atom. The first-order chi connectivity index (χ1) is 36.6. The largest absolute Gasteiger partial charge is 0.469 e. The average molecular weight is 1080 g/mol. The molecule has 0 aliphatic carbocycles. The average Bonchev–Trinajstić information content (AvgIpc) is 4.00. The van der Waals surface area contributed by atoms with Crippen molar-refractivity contribution in [2.45, 2.75) is 103 Å². The van der Waals surface area contributed by atoms with Gasteiger partial charge in [0, 0.05) is 83.7 Å². The lowest BCUT2D eigenvalue weighted by Crippen LogP contribution is -2.62. The summed E-state index contributed by atoms with van der Waals surface area (Å²) in [6.45, 7) is 4.24. The molecule has 3 saturated heterocycles. The number of nitrogens with one attached hydrogen (secondary N) is 3. The predicted molar refractivity (Wildman–Crippen MR) is 272 cm³/mol. The van der Waals surface area contributed by atoms with Crippen molar-refractivity contribution in [1.29, 1.82) is 0 Å². The molecule has 7 rings (SSSR count). The first-order valence-electron chi connectivity index (χ1n) is 25.1. The van der Waals surface area contributed by atoms with Crippen LogP contribution in [0.2, 0.25) is 0 Å². The summed E-state index contributed by atoms with van der Waals surface area (Å²) in [6, 6.07) is 12.2. The fourth-order valence-corrected chi connectivity index (χ4v) is 9.43. The van der Waals surface area contributed by atoms with Gasteiger partial charge in [0.2, 0.25) is 11.8 Å². The number of ether oxygens (including phenoxy) is 3. The van der Waals surface area contributed by atoms with Gasteiger partial charge in [-0.15, -0.1) is 0 Å². The van der Waals surface area contributed by atoms with Crippen molar-refractivity contribution in [3.8, 4) is 23.0 Å². The molecule has 0 radical (unpaired) electrons. The van der Waals surface area contributed by atoms with Crippen LogP contribution in [0.3, 0.4) is 0 Å². The topological polar surface area (TPSA) is 216 Å². The normalized spacial score (nSPS) is 18.1. The van der Waals surface area contributed by atoms with Crippen LogP contribution in [0.15, 0.2) is 67.1 Å². The van der Waals surface area contributed by atoms with Crippen LogP contribution >= 0.6 is 0 Å². The van der Waals surface area contributed by atoms with Crippen molar-refractivity contribution in [3.63, 3.8) is 0 Å². The number of esters is 1. The molecule has 3 fully saturated rings. The van der Waals surface area contributed by atoms with E-state index in [0.29, 0.717) is 33.9 Å². The van der Waals surface area contributed by atoms with E-state index in [1.165, 1.54) is 33.8 Å². The van der Waals surface area contributed by atoms with E-state index in [9.17, 15) is 41.8 Å². The number of alkyl carbamates (subject to hydrolysis) is 1. The molecule has 5 heterocycles. The van der Waals surface area contributed by atoms with E-state index < -0.39 is 90.3 Å². The molecule has 17 nitrogen and oxygen atoms in total. The fourth-order valence-electron chi connectivity index (χ4n) is 9.43. The highest BCUT2D eigenvalue weighted by atomic mass is 19.3. The minimum absolute atomic E-state index is 0.00411. The number of alkyl halides is 4. The number of anilines is 1. The van der Waals surface area contributed by atoms with Crippen LogP contribution in [0.25, 0.3) is 11.1 Å². The first kappa shape index (κ1) is 59.5. The highest BCUT2D eigenvalue weighted by molar-refractivity contribution is 5.87. The molecule has 6 atom stereocenters. The van der Waals surface area contributed by atoms with Crippen molar-refractivity contribution < 1.29 is 64.8 Å². The number of hydrogen-bond donors (Lipinski definition) is 5. The summed E-state index contributed by atoms with van der Waals surface area (Å²) < 4.78 is 97.9. The van der Waals surface area contributed by atoms with Crippen LogP contribution in [0.1, 0.15) is 75.8 Å². The van der Waals surface area contributed by atoms with Crippen molar-refractivity contribution in [2.24, 2.45) is 22.5 Å². The second-order valence-corrected chi connectivity index (χ2v) is 20.8. The smallest absolute Gasteiger partial charge is 0.407 e. The lowest BCUT2D eigenvalue weighted by molar-refractivity contribution is -0.146. The molecule has 2 aromatic carbocycles. The Morgan fingerprint density at radius 2 is 1.48 bits per heavy atom. The second-order valence-electron chi connectivity index (χ2n) is 20.8. The standard InChI is InChI=1S/C45H51F5N8O5.C9H16FNO3/c1-45(2,26-46)41(55-44(61)62-3)42(60)54-38(39(59)20-51-19-35-36(47)15-30(16-37(35)48)31-18-53-57(21-31)43(49)50)14-28-7-4-27(5-8-28)6-9-29-10-13-40(52-17-29)56-22-32-11-12-33(23-56)58(32)34-24-63-25-34;1-9(2,5-10)6(8(11)13)4-7(12)14-3/h4-5,7-8,10,13,15-18,21,32-34,38-39,41,43,51,59H,11-12,14,19-20,22-26H2,1-3H3,(H,54,60)(H,55,61);6H,4-5H2,1-3H3,(H2,11,13)/t32?,33?,38-,39-,41+;6-/m01/s1. The van der Waals surface area contributed by atoms with Crippen LogP contribution in [0.5, 0.6) is 0 Å². The summed E-state index contributed by atoms with van der Waals surface area (Å²) in [5, 5.41) is 22.8. The van der Waals surface area contributed by atoms with Crippen LogP contribution in [0, 0.1) is 40.2 Å². The fraction of sp³-hybridized carbons (Fsp3) is 0.519. The van der Waals surface area contributed by atoms with Gasteiger partial charge in [0.15, 0.2) is 0 Å². The van der Waals surface area contributed by atoms with Crippen molar-refractivity contribution in [3.05, 3.63) is 101 Å². The Labute approximate surface area is 443 Å². The minimum atomic E-state index is -2.92. The molecule has 77 heavy (non-hydrogen) atoms. The van der Waals surface area contributed by atoms with Gasteiger partial charge in [0.05, 0.1) is 77.5 Å². The molecule has 3 aliphatic rings. The number of primary amides is 1. The highest BCUT2D eigenvalue weighted by Crippen LogP contribution is 2.36. The van der Waals surface area contributed by atoms with Gasteiger partial charge >= 0.3 is 18.6 Å². The Bertz CT molecular complexity index is 2680. The minimum Gasteiger partial charge on any atom is -0.469 e. The SMILES string of the molecule is COC(=O)C[C@H](C(N)=O)C(C)(C)CF.COC(=O)N[C@H](C(=O)N[C@@H](Cc1ccc(C#Cc2ccc(N3CC4CCC(C3)N4C3COC3)nc2)cc1)[C@@H](O)CNCc1c(F)cc(-c2cnn(C(F)F)c2)cc1F)C(C)(C)CF. The first-order valence-corrected chi connectivity index (χ1v) is 25.1. The van der Waals surface area contributed by atoms with Crippen molar-refractivity contribution in [1.82, 2.24) is 35.6 Å². The third kappa shape index (κ3) is 15.5. The quantitative estimate of drug-likeness (QED) is 0.0390. The molecule has 0 saturated carbocycles. The van der Waals surface area contributed by atoms with Gasteiger partial charge in [0.1, 0.15) is 23.5 Å². The molecule has 3 amide bonds.